The highest BCUT2D eigenvalue weighted by Crippen LogP contribution is 2.22. The van der Waals surface area contributed by atoms with Crippen LogP contribution in [0.4, 0.5) is 5.69 Å². The van der Waals surface area contributed by atoms with Gasteiger partial charge in [0, 0.05) is 17.0 Å². The Bertz CT molecular complexity index is 690. The molecule has 0 aliphatic rings. The summed E-state index contributed by atoms with van der Waals surface area (Å²) < 4.78 is 0. The second-order valence-electron chi connectivity index (χ2n) is 6.32. The van der Waals surface area contributed by atoms with Gasteiger partial charge >= 0.3 is 0 Å². The van der Waals surface area contributed by atoms with Crippen molar-refractivity contribution in [1.82, 2.24) is 10.3 Å². The molecule has 2 amide bonds. The number of carbonyl (C=O) groups is 2. The van der Waals surface area contributed by atoms with Crippen molar-refractivity contribution < 1.29 is 9.59 Å². The zero-order chi connectivity index (χ0) is 17.0. The van der Waals surface area contributed by atoms with Crippen molar-refractivity contribution in [3.05, 3.63) is 46.4 Å². The Morgan fingerprint density at radius 3 is 2.52 bits per heavy atom. The molecule has 1 aromatic carbocycles. The summed E-state index contributed by atoms with van der Waals surface area (Å²) in [5, 5.41) is 8.45. The van der Waals surface area contributed by atoms with Gasteiger partial charge in [-0.3, -0.25) is 9.59 Å². The fourth-order valence-electron chi connectivity index (χ4n) is 1.88. The molecule has 0 aliphatic heterocycles. The summed E-state index contributed by atoms with van der Waals surface area (Å²) in [6.07, 6.45) is 1.71. The first-order valence-electron chi connectivity index (χ1n) is 7.40. The van der Waals surface area contributed by atoms with Gasteiger partial charge in [-0.15, -0.1) is 11.3 Å². The molecule has 0 bridgehead atoms. The number of para-hydroxylation sites is 1. The van der Waals surface area contributed by atoms with Gasteiger partial charge in [-0.1, -0.05) is 32.9 Å². The molecule has 0 saturated heterocycles. The van der Waals surface area contributed by atoms with E-state index in [4.69, 9.17) is 0 Å². The van der Waals surface area contributed by atoms with Gasteiger partial charge in [0.05, 0.1) is 17.3 Å². The lowest BCUT2D eigenvalue weighted by Gasteiger charge is -2.19. The van der Waals surface area contributed by atoms with Crippen molar-refractivity contribution in [1.29, 1.82) is 0 Å². The second kappa shape index (κ2) is 6.91. The van der Waals surface area contributed by atoms with Gasteiger partial charge in [0.15, 0.2) is 0 Å². The van der Waals surface area contributed by atoms with Crippen LogP contribution in [0.25, 0.3) is 0 Å². The molecule has 0 aliphatic carbocycles. The molecular formula is C17H21N3O2S. The Morgan fingerprint density at radius 1 is 1.22 bits per heavy atom. The van der Waals surface area contributed by atoms with E-state index in [0.717, 1.165) is 5.01 Å². The Morgan fingerprint density at radius 2 is 1.91 bits per heavy atom. The largest absolute Gasteiger partial charge is 0.343 e. The molecule has 1 atom stereocenters. The van der Waals surface area contributed by atoms with Crippen molar-refractivity contribution >= 4 is 28.8 Å². The molecule has 6 heteroatoms. The zero-order valence-electron chi connectivity index (χ0n) is 13.7. The second-order valence-corrected chi connectivity index (χ2v) is 7.24. The van der Waals surface area contributed by atoms with E-state index in [0.29, 0.717) is 11.3 Å². The number of amides is 2. The lowest BCUT2D eigenvalue weighted by molar-refractivity contribution is -0.123. The maximum Gasteiger partial charge on any atom is 0.253 e. The van der Waals surface area contributed by atoms with Crippen LogP contribution in [-0.4, -0.2) is 16.8 Å². The van der Waals surface area contributed by atoms with E-state index in [2.05, 4.69) is 15.6 Å². The standard InChI is InChI=1S/C17H21N3O2S/c1-11(15-18-9-10-23-15)19-14(21)12-7-5-6-8-13(12)20-16(22)17(2,3)4/h5-11H,1-4H3,(H,19,21)(H,20,22)/t11-/m0/s1. The third-order valence-electron chi connectivity index (χ3n) is 3.27. The summed E-state index contributed by atoms with van der Waals surface area (Å²) in [6, 6.07) is 6.80. The van der Waals surface area contributed by atoms with Crippen LogP contribution in [0, 0.1) is 5.41 Å². The maximum atomic E-state index is 12.5. The number of hydrogen-bond acceptors (Lipinski definition) is 4. The number of nitrogens with one attached hydrogen (secondary N) is 2. The molecule has 0 saturated carbocycles. The first kappa shape index (κ1) is 17.1. The van der Waals surface area contributed by atoms with E-state index >= 15 is 0 Å². The van der Waals surface area contributed by atoms with Gasteiger partial charge in [-0.05, 0) is 19.1 Å². The van der Waals surface area contributed by atoms with E-state index < -0.39 is 5.41 Å². The SMILES string of the molecule is C[C@H](NC(=O)c1ccccc1NC(=O)C(C)(C)C)c1nccs1. The predicted octanol–water partition coefficient (Wildman–Crippen LogP) is 3.62. The first-order valence-corrected chi connectivity index (χ1v) is 8.27. The monoisotopic (exact) mass is 331 g/mol. The third kappa shape index (κ3) is 4.39. The number of carbonyl (C=O) groups excluding carboxylic acids is 2. The smallest absolute Gasteiger partial charge is 0.253 e. The van der Waals surface area contributed by atoms with Crippen LogP contribution in [0.3, 0.4) is 0 Å². The van der Waals surface area contributed by atoms with Gasteiger partial charge in [-0.2, -0.15) is 0 Å². The molecule has 0 spiro atoms. The van der Waals surface area contributed by atoms with Gasteiger partial charge in [-0.25, -0.2) is 4.98 Å². The van der Waals surface area contributed by atoms with Gasteiger partial charge in [0.25, 0.3) is 5.91 Å². The van der Waals surface area contributed by atoms with Crippen molar-refractivity contribution in [3.8, 4) is 0 Å². The van der Waals surface area contributed by atoms with Crippen LogP contribution in [0.1, 0.15) is 49.1 Å². The predicted molar refractivity (Wildman–Crippen MR) is 92.5 cm³/mol. The number of benzene rings is 1. The summed E-state index contributed by atoms with van der Waals surface area (Å²) in [4.78, 5) is 28.9. The summed E-state index contributed by atoms with van der Waals surface area (Å²) in [5.41, 5.74) is 0.419. The molecule has 122 valence electrons. The number of rotatable bonds is 4. The number of aromatic nitrogens is 1. The van der Waals surface area contributed by atoms with E-state index in [1.54, 1.807) is 30.5 Å². The molecule has 5 nitrogen and oxygen atoms in total. The van der Waals surface area contributed by atoms with E-state index in [9.17, 15) is 9.59 Å². The van der Waals surface area contributed by atoms with Crippen LogP contribution >= 0.6 is 11.3 Å². The Hall–Kier alpha value is -2.21. The highest BCUT2D eigenvalue weighted by Gasteiger charge is 2.23. The Labute approximate surface area is 140 Å². The molecule has 1 heterocycles. The maximum absolute atomic E-state index is 12.5. The summed E-state index contributed by atoms with van der Waals surface area (Å²) >= 11 is 1.49. The third-order valence-corrected chi connectivity index (χ3v) is 4.23. The Balaban J connectivity index is 2.16. The normalized spacial score (nSPS) is 12.5. The molecule has 0 unspecified atom stereocenters. The molecule has 23 heavy (non-hydrogen) atoms. The minimum absolute atomic E-state index is 0.134. The molecule has 0 radical (unpaired) electrons. The zero-order valence-corrected chi connectivity index (χ0v) is 14.5. The average Bonchev–Trinajstić information content (AvgIpc) is 3.01. The van der Waals surface area contributed by atoms with Gasteiger partial charge in [0.2, 0.25) is 5.91 Å². The highest BCUT2D eigenvalue weighted by atomic mass is 32.1. The van der Waals surface area contributed by atoms with Crippen molar-refractivity contribution in [2.75, 3.05) is 5.32 Å². The van der Waals surface area contributed by atoms with Crippen LogP contribution in [0.15, 0.2) is 35.8 Å². The molecule has 2 aromatic rings. The van der Waals surface area contributed by atoms with Crippen LogP contribution in [-0.2, 0) is 4.79 Å². The minimum atomic E-state index is -0.530. The lowest BCUT2D eigenvalue weighted by atomic mass is 9.95. The van der Waals surface area contributed by atoms with Crippen molar-refractivity contribution in [3.63, 3.8) is 0 Å². The number of hydrogen-bond donors (Lipinski definition) is 2. The topological polar surface area (TPSA) is 71.1 Å². The number of nitrogens with zero attached hydrogens (tertiary/aromatic N) is 1. The fourth-order valence-corrected chi connectivity index (χ4v) is 2.53. The van der Waals surface area contributed by atoms with E-state index in [-0.39, 0.29) is 17.9 Å². The lowest BCUT2D eigenvalue weighted by Crippen LogP contribution is -2.31. The summed E-state index contributed by atoms with van der Waals surface area (Å²) in [7, 11) is 0. The van der Waals surface area contributed by atoms with Crippen LogP contribution < -0.4 is 10.6 Å². The summed E-state index contributed by atoms with van der Waals surface area (Å²) in [6.45, 7) is 7.37. The number of thiazole rings is 1. The molecule has 0 fully saturated rings. The van der Waals surface area contributed by atoms with Gasteiger partial charge in [0.1, 0.15) is 5.01 Å². The van der Waals surface area contributed by atoms with E-state index in [1.165, 1.54) is 11.3 Å². The Kier molecular flexibility index (Phi) is 5.15. The van der Waals surface area contributed by atoms with Crippen LogP contribution in [0.5, 0.6) is 0 Å². The highest BCUT2D eigenvalue weighted by molar-refractivity contribution is 7.09. The van der Waals surface area contributed by atoms with Crippen molar-refractivity contribution in [2.24, 2.45) is 5.41 Å². The number of anilines is 1. The van der Waals surface area contributed by atoms with E-state index in [1.807, 2.05) is 33.1 Å². The summed E-state index contributed by atoms with van der Waals surface area (Å²) in [5.74, 6) is -0.372. The van der Waals surface area contributed by atoms with Gasteiger partial charge < -0.3 is 10.6 Å². The molecule has 2 N–H and O–H groups in total. The van der Waals surface area contributed by atoms with Crippen molar-refractivity contribution in [2.45, 2.75) is 33.7 Å². The van der Waals surface area contributed by atoms with Crippen LogP contribution in [0.2, 0.25) is 0 Å². The quantitative estimate of drug-likeness (QED) is 0.899. The average molecular weight is 331 g/mol. The minimum Gasteiger partial charge on any atom is -0.343 e. The fraction of sp³-hybridized carbons (Fsp3) is 0.353. The first-order chi connectivity index (χ1) is 10.8. The molecular weight excluding hydrogens is 310 g/mol. The molecule has 2 rings (SSSR count). The molecule has 1 aromatic heterocycles.